The maximum Gasteiger partial charge on any atom is 0.339 e. The van der Waals surface area contributed by atoms with Crippen LogP contribution in [0.2, 0.25) is 0 Å². The average Bonchev–Trinajstić information content (AvgIpc) is 2.95. The molecule has 0 saturated carbocycles. The van der Waals surface area contributed by atoms with Gasteiger partial charge in [-0.15, -0.1) is 11.3 Å². The third-order valence-electron chi connectivity index (χ3n) is 3.13. The Bertz CT molecular complexity index is 766. The van der Waals surface area contributed by atoms with E-state index in [0.29, 0.717) is 5.56 Å². The molecule has 23 heavy (non-hydrogen) atoms. The zero-order valence-corrected chi connectivity index (χ0v) is 13.8. The number of thiophene rings is 1. The summed E-state index contributed by atoms with van der Waals surface area (Å²) >= 11 is 1.73. The number of ether oxygens (including phenoxy) is 1. The molecule has 0 radical (unpaired) electrons. The molecule has 1 N–H and O–H groups in total. The number of aliphatic carboxylic acids is 1. The number of allylic oxidation sites excluding steroid dienone is 2. The Morgan fingerprint density at radius 1 is 1.13 bits per heavy atom. The van der Waals surface area contributed by atoms with Crippen molar-refractivity contribution >= 4 is 35.0 Å². The van der Waals surface area contributed by atoms with Gasteiger partial charge in [0, 0.05) is 9.75 Å². The van der Waals surface area contributed by atoms with Crippen molar-refractivity contribution in [2.45, 2.75) is 6.92 Å². The minimum absolute atomic E-state index is 0.130. The summed E-state index contributed by atoms with van der Waals surface area (Å²) in [6, 6.07) is 11.5. The van der Waals surface area contributed by atoms with Crippen molar-refractivity contribution in [2.24, 2.45) is 0 Å². The van der Waals surface area contributed by atoms with Gasteiger partial charge in [-0.05, 0) is 36.3 Å². The predicted molar refractivity (Wildman–Crippen MR) is 96.2 cm³/mol. The Morgan fingerprint density at radius 3 is 2.52 bits per heavy atom. The van der Waals surface area contributed by atoms with Gasteiger partial charge in [-0.2, -0.15) is 0 Å². The topological polar surface area (TPSA) is 46.5 Å². The Kier molecular flexibility index (Phi) is 5.94. The van der Waals surface area contributed by atoms with E-state index in [2.05, 4.69) is 19.1 Å². The van der Waals surface area contributed by atoms with Crippen LogP contribution in [0.5, 0.6) is 0 Å². The molecule has 0 aliphatic heterocycles. The molecule has 0 amide bonds. The highest BCUT2D eigenvalue weighted by Crippen LogP contribution is 2.21. The minimum atomic E-state index is -1.02. The molecular weight excluding hydrogens is 308 g/mol. The molecule has 0 spiro atoms. The average molecular weight is 326 g/mol. The molecule has 2 rings (SSSR count). The number of hydrogen-bond donors (Lipinski definition) is 1. The Morgan fingerprint density at radius 2 is 1.87 bits per heavy atom. The van der Waals surface area contributed by atoms with Gasteiger partial charge in [-0.3, -0.25) is 0 Å². The van der Waals surface area contributed by atoms with Crippen LogP contribution in [0.15, 0.2) is 54.8 Å². The highest BCUT2D eigenvalue weighted by molar-refractivity contribution is 7.12. The van der Waals surface area contributed by atoms with Crippen molar-refractivity contribution in [3.63, 3.8) is 0 Å². The van der Waals surface area contributed by atoms with Crippen LogP contribution in [-0.2, 0) is 9.53 Å². The number of carboxylic acids is 1. The van der Waals surface area contributed by atoms with E-state index in [4.69, 9.17) is 4.74 Å². The predicted octanol–water partition coefficient (Wildman–Crippen LogP) is 4.86. The fourth-order valence-corrected chi connectivity index (χ4v) is 2.88. The first-order chi connectivity index (χ1) is 11.1. The molecule has 4 heteroatoms. The lowest BCUT2D eigenvalue weighted by Crippen LogP contribution is -2.02. The summed E-state index contributed by atoms with van der Waals surface area (Å²) in [5.74, 6) is -1.02. The van der Waals surface area contributed by atoms with E-state index in [1.165, 1.54) is 23.1 Å². The van der Waals surface area contributed by atoms with Crippen molar-refractivity contribution in [1.82, 2.24) is 0 Å². The van der Waals surface area contributed by atoms with Crippen LogP contribution in [0.25, 0.3) is 17.7 Å². The number of benzene rings is 1. The first-order valence-corrected chi connectivity index (χ1v) is 7.90. The number of carboxylic acid groups (broad SMARTS) is 1. The second kappa shape index (κ2) is 8.15. The van der Waals surface area contributed by atoms with Gasteiger partial charge in [0.25, 0.3) is 0 Å². The second-order valence-electron chi connectivity index (χ2n) is 4.83. The highest BCUT2D eigenvalue weighted by Gasteiger charge is 2.13. The quantitative estimate of drug-likeness (QED) is 0.469. The smallest absolute Gasteiger partial charge is 0.339 e. The van der Waals surface area contributed by atoms with Gasteiger partial charge in [0.15, 0.2) is 0 Å². The Labute approximate surface area is 139 Å². The zero-order chi connectivity index (χ0) is 16.7. The van der Waals surface area contributed by atoms with E-state index in [1.54, 1.807) is 17.4 Å². The molecule has 1 aromatic carbocycles. The van der Waals surface area contributed by atoms with Gasteiger partial charge in [0.05, 0.1) is 13.4 Å². The molecule has 0 bridgehead atoms. The molecule has 0 aliphatic rings. The minimum Gasteiger partial charge on any atom is -0.503 e. The molecule has 1 heterocycles. The summed E-state index contributed by atoms with van der Waals surface area (Å²) in [7, 11) is 1.44. The van der Waals surface area contributed by atoms with Gasteiger partial charge in [-0.25, -0.2) is 4.79 Å². The molecular formula is C19H18O3S. The Balaban J connectivity index is 2.23. The normalized spacial score (nSPS) is 12.2. The van der Waals surface area contributed by atoms with Gasteiger partial charge in [-0.1, -0.05) is 42.5 Å². The first-order valence-electron chi connectivity index (χ1n) is 7.08. The highest BCUT2D eigenvalue weighted by atomic mass is 32.1. The maximum atomic E-state index is 11.4. The lowest BCUT2D eigenvalue weighted by Gasteiger charge is -2.06. The van der Waals surface area contributed by atoms with Crippen LogP contribution in [-0.4, -0.2) is 18.2 Å². The number of methoxy groups -OCH3 is 1. The summed E-state index contributed by atoms with van der Waals surface area (Å²) in [6.07, 6.45) is 9.01. The van der Waals surface area contributed by atoms with Gasteiger partial charge < -0.3 is 9.84 Å². The largest absolute Gasteiger partial charge is 0.503 e. The monoisotopic (exact) mass is 326 g/mol. The third-order valence-corrected chi connectivity index (χ3v) is 4.09. The van der Waals surface area contributed by atoms with Crippen molar-refractivity contribution in [3.05, 3.63) is 75.7 Å². The van der Waals surface area contributed by atoms with E-state index in [-0.39, 0.29) is 5.57 Å². The van der Waals surface area contributed by atoms with Crippen molar-refractivity contribution in [1.29, 1.82) is 0 Å². The molecule has 0 saturated heterocycles. The van der Waals surface area contributed by atoms with Crippen LogP contribution in [0, 0.1) is 6.92 Å². The maximum absolute atomic E-state index is 11.4. The standard InChI is InChI=1S/C19H18O3S/c1-14-11-12-16(23-14)9-5-3-7-15-8-4-6-10-17(15)18(13-22-2)19(20)21/h3-13H,1-2H3,(H,20,21)/b7-3+,9-5+,18-13+. The summed E-state index contributed by atoms with van der Waals surface area (Å²) in [5.41, 5.74) is 1.58. The fraction of sp³-hybridized carbons (Fsp3) is 0.105. The van der Waals surface area contributed by atoms with E-state index in [0.717, 1.165) is 5.56 Å². The summed E-state index contributed by atoms with van der Waals surface area (Å²) in [5, 5.41) is 9.32. The molecule has 0 fully saturated rings. The van der Waals surface area contributed by atoms with E-state index < -0.39 is 5.97 Å². The van der Waals surface area contributed by atoms with Crippen molar-refractivity contribution < 1.29 is 14.6 Å². The van der Waals surface area contributed by atoms with Crippen LogP contribution in [0.4, 0.5) is 0 Å². The summed E-state index contributed by atoms with van der Waals surface area (Å²) < 4.78 is 4.88. The number of rotatable bonds is 6. The Hall–Kier alpha value is -2.59. The SMILES string of the molecule is CO/C=C(/C(=O)O)c1ccccc1/C=C/C=C/c1ccc(C)s1. The molecule has 118 valence electrons. The van der Waals surface area contributed by atoms with Gasteiger partial charge in [0.2, 0.25) is 0 Å². The molecule has 0 unspecified atom stereocenters. The molecule has 0 aliphatic carbocycles. The summed E-state index contributed by atoms with van der Waals surface area (Å²) in [6.45, 7) is 2.07. The van der Waals surface area contributed by atoms with Crippen molar-refractivity contribution in [3.8, 4) is 0 Å². The lowest BCUT2D eigenvalue weighted by atomic mass is 10.0. The first kappa shape index (κ1) is 16.8. The molecule has 3 nitrogen and oxygen atoms in total. The third kappa shape index (κ3) is 4.69. The van der Waals surface area contributed by atoms with Crippen molar-refractivity contribution in [2.75, 3.05) is 7.11 Å². The van der Waals surface area contributed by atoms with Gasteiger partial charge >= 0.3 is 5.97 Å². The lowest BCUT2D eigenvalue weighted by molar-refractivity contribution is -0.130. The zero-order valence-electron chi connectivity index (χ0n) is 13.0. The molecule has 2 aromatic rings. The van der Waals surface area contributed by atoms with E-state index in [9.17, 15) is 9.90 Å². The van der Waals surface area contributed by atoms with Crippen LogP contribution < -0.4 is 0 Å². The van der Waals surface area contributed by atoms with Crippen LogP contribution in [0.1, 0.15) is 20.9 Å². The number of aryl methyl sites for hydroxylation is 1. The fourth-order valence-electron chi connectivity index (χ4n) is 2.09. The van der Waals surface area contributed by atoms with Crippen LogP contribution in [0.3, 0.4) is 0 Å². The number of hydrogen-bond acceptors (Lipinski definition) is 3. The van der Waals surface area contributed by atoms with Gasteiger partial charge in [0.1, 0.15) is 5.57 Å². The number of carbonyl (C=O) groups is 1. The van der Waals surface area contributed by atoms with Crippen LogP contribution >= 0.6 is 11.3 Å². The molecule has 0 atom stereocenters. The molecule has 1 aromatic heterocycles. The summed E-state index contributed by atoms with van der Waals surface area (Å²) in [4.78, 5) is 13.8. The van der Waals surface area contributed by atoms with E-state index in [1.807, 2.05) is 42.5 Å². The second-order valence-corrected chi connectivity index (χ2v) is 6.15. The van der Waals surface area contributed by atoms with E-state index >= 15 is 0 Å².